The lowest BCUT2D eigenvalue weighted by Crippen LogP contribution is -2.26. The molecule has 0 saturated carbocycles. The number of aryl methyl sites for hydroxylation is 2. The number of nitrogens with one attached hydrogen (secondary N) is 8. The summed E-state index contributed by atoms with van der Waals surface area (Å²) in [6.45, 7) is 4.03. The second kappa shape index (κ2) is 33.3. The number of H-pyrrole nitrogens is 4. The summed E-state index contributed by atoms with van der Waals surface area (Å²) in [5, 5.41) is 41.5. The fourth-order valence-electron chi connectivity index (χ4n) is 10.4. The smallest absolute Gasteiger partial charge is 0.435 e. The summed E-state index contributed by atoms with van der Waals surface area (Å²) in [6.07, 6.45) is -17.2. The van der Waals surface area contributed by atoms with Crippen LogP contribution in [0, 0.1) is 13.8 Å². The Bertz CT molecular complexity index is 5460. The van der Waals surface area contributed by atoms with Crippen LogP contribution in [0.4, 0.5) is 112 Å². The van der Waals surface area contributed by atoms with E-state index in [-0.39, 0.29) is 81.3 Å². The highest BCUT2D eigenvalue weighted by Gasteiger charge is 2.48. The number of pyridine rings is 4. The molecule has 1 aliphatic rings. The van der Waals surface area contributed by atoms with Gasteiger partial charge in [-0.25, -0.2) is 29.9 Å². The number of benzene rings is 2. The van der Waals surface area contributed by atoms with Crippen molar-refractivity contribution in [2.75, 3.05) is 57.9 Å². The first-order valence-corrected chi connectivity index (χ1v) is 32.1. The Balaban J connectivity index is 0.000000162. The summed E-state index contributed by atoms with van der Waals surface area (Å²) < 4.78 is 209. The molecule has 0 radical (unpaired) electrons. The van der Waals surface area contributed by atoms with Gasteiger partial charge in [0.1, 0.15) is 23.3 Å². The number of likely N-dealkylation sites (tertiary alicyclic amines) is 1. The van der Waals surface area contributed by atoms with Gasteiger partial charge in [0.05, 0.1) is 82.7 Å². The summed E-state index contributed by atoms with van der Waals surface area (Å²) in [5.41, 5.74) is 11.7. The SMILES string of the molecule is COc1ccc(-c2nc(C(=O)Nc3ccn[nH]3)c(N)cc2C(F)(F)F)cn1.Cc1cn[nH]c1NC(=O)c1nc(C(F)(F)F)c(C(F)(F)F)nc1N.Cc1nnc(-c2ccc(-c3nc(C(=O)Nc4ccn[nH]4)c(N)cc3C(F)(F)F)cc2)o1.Nc1cc(C(F)(F)F)c(-c2cccc(CN3CCCC3=O)c2)nc1C(=O)Nc1ccn[nH]1. The second-order valence-corrected chi connectivity index (χ2v) is 23.7. The van der Waals surface area contributed by atoms with Crippen LogP contribution in [0.5, 0.6) is 5.88 Å². The first-order chi connectivity index (χ1) is 53.6. The Morgan fingerprint density at radius 2 is 0.956 bits per heavy atom. The van der Waals surface area contributed by atoms with E-state index in [1.54, 1.807) is 24.0 Å². The Labute approximate surface area is 627 Å². The molecule has 16 N–H and O–H groups in total. The molecule has 0 aliphatic carbocycles. The first-order valence-electron chi connectivity index (χ1n) is 32.1. The lowest BCUT2D eigenvalue weighted by Gasteiger charge is -2.18. The molecule has 1 aliphatic heterocycles. The normalized spacial score (nSPS) is 12.3. The number of amides is 5. The summed E-state index contributed by atoms with van der Waals surface area (Å²) in [6, 6.07) is 21.4. The van der Waals surface area contributed by atoms with Crippen LogP contribution < -0.4 is 48.9 Å². The highest BCUT2D eigenvalue weighted by Crippen LogP contribution is 2.43. The van der Waals surface area contributed by atoms with Crippen molar-refractivity contribution in [3.05, 3.63) is 196 Å². The third-order valence-electron chi connectivity index (χ3n) is 15.6. The van der Waals surface area contributed by atoms with Gasteiger partial charge in [-0.3, -0.25) is 44.4 Å². The number of alkyl halides is 15. The van der Waals surface area contributed by atoms with Crippen LogP contribution >= 0.6 is 0 Å². The van der Waals surface area contributed by atoms with Crippen LogP contribution in [0.2, 0.25) is 0 Å². The molecule has 0 atom stereocenters. The molecule has 47 heteroatoms. The second-order valence-electron chi connectivity index (χ2n) is 23.7. The van der Waals surface area contributed by atoms with Crippen molar-refractivity contribution in [1.29, 1.82) is 0 Å². The van der Waals surface area contributed by atoms with E-state index in [0.29, 0.717) is 53.7 Å². The van der Waals surface area contributed by atoms with E-state index in [1.165, 1.54) is 112 Å². The maximum absolute atomic E-state index is 13.8. The number of aromatic amines is 4. The number of hydrogen-bond donors (Lipinski definition) is 12. The van der Waals surface area contributed by atoms with Crippen molar-refractivity contribution in [2.45, 2.75) is 64.1 Å². The van der Waals surface area contributed by atoms with E-state index in [2.05, 4.69) is 102 Å². The molecule has 32 nitrogen and oxygen atoms in total. The molecule has 0 unspecified atom stereocenters. The summed E-state index contributed by atoms with van der Waals surface area (Å²) >= 11 is 0. The quantitative estimate of drug-likeness (QED) is 0.0424. The lowest BCUT2D eigenvalue weighted by atomic mass is 10.0. The molecule has 1 saturated heterocycles. The van der Waals surface area contributed by atoms with E-state index < -0.39 is 128 Å². The lowest BCUT2D eigenvalue weighted by molar-refractivity contribution is -0.167. The minimum absolute atomic E-state index is 0.00903. The molecule has 11 heterocycles. The number of carbonyl (C=O) groups is 5. The first kappa shape index (κ1) is 81.9. The number of carbonyl (C=O) groups excluding carboxylic acids is 5. The van der Waals surface area contributed by atoms with Crippen molar-refractivity contribution in [2.24, 2.45) is 0 Å². The number of nitrogen functional groups attached to an aromatic ring is 4. The Kier molecular flexibility index (Phi) is 23.9. The molecular weight excluding hydrogens is 1550 g/mol. The number of rotatable bonds is 15. The van der Waals surface area contributed by atoms with Gasteiger partial charge in [-0.05, 0) is 61.4 Å². The zero-order chi connectivity index (χ0) is 82.9. The van der Waals surface area contributed by atoms with Crippen molar-refractivity contribution < 1.29 is 99.0 Å². The molecule has 0 bridgehead atoms. The fraction of sp³-hybridized carbons (Fsp3) is 0.179. The summed E-state index contributed by atoms with van der Waals surface area (Å²) in [7, 11) is 1.38. The molecule has 5 amide bonds. The van der Waals surface area contributed by atoms with Gasteiger partial charge in [0.25, 0.3) is 23.6 Å². The maximum Gasteiger partial charge on any atom is 0.435 e. The Morgan fingerprint density at radius 3 is 1.35 bits per heavy atom. The van der Waals surface area contributed by atoms with E-state index in [0.717, 1.165) is 6.42 Å². The van der Waals surface area contributed by atoms with Crippen molar-refractivity contribution in [1.82, 2.24) is 85.8 Å². The van der Waals surface area contributed by atoms with Gasteiger partial charge in [-0.2, -0.15) is 86.3 Å². The van der Waals surface area contributed by atoms with Gasteiger partial charge in [0.2, 0.25) is 23.6 Å². The zero-order valence-electron chi connectivity index (χ0n) is 58.1. The number of ether oxygens (including phenoxy) is 1. The molecule has 1 fully saturated rings. The Morgan fingerprint density at radius 1 is 0.500 bits per heavy atom. The molecular formula is C67H54F15N25O7. The summed E-state index contributed by atoms with van der Waals surface area (Å²) in [4.78, 5) is 84.1. The minimum Gasteiger partial charge on any atom is -0.481 e. The van der Waals surface area contributed by atoms with E-state index in [1.807, 2.05) is 0 Å². The van der Waals surface area contributed by atoms with Crippen LogP contribution in [0.25, 0.3) is 45.2 Å². The molecule has 594 valence electrons. The molecule has 13 rings (SSSR count). The maximum atomic E-state index is 13.8. The van der Waals surface area contributed by atoms with E-state index in [9.17, 15) is 89.8 Å². The number of halogens is 15. The average molecular weight is 1610 g/mol. The predicted molar refractivity (Wildman–Crippen MR) is 372 cm³/mol. The number of hydrogen-bond acceptors (Lipinski definition) is 23. The van der Waals surface area contributed by atoms with Crippen LogP contribution in [-0.2, 0) is 42.2 Å². The van der Waals surface area contributed by atoms with Gasteiger partial charge >= 0.3 is 30.9 Å². The van der Waals surface area contributed by atoms with Crippen LogP contribution in [-0.4, -0.2) is 129 Å². The number of anilines is 8. The highest BCUT2D eigenvalue weighted by atomic mass is 19.4. The third kappa shape index (κ3) is 19.9. The van der Waals surface area contributed by atoms with Crippen molar-refractivity contribution in [3.63, 3.8) is 0 Å². The van der Waals surface area contributed by atoms with Gasteiger partial charge in [0.15, 0.2) is 40.0 Å². The standard InChI is InChI=1S/C21H19F3N6O2.C19H14F3N7O2.C16H13F3N6O2.C11H8F6N6O/c22-21(23,24)14-10-15(25)19(20(32)27-16-6-7-26-29-16)28-18(14)13-4-1-3-12(9-13)11-30-8-2-5-17(30)31;1-9-27-29-18(31-9)11-4-2-10(3-5-11)15-12(19(20,21)22)8-13(23)16(26-15)17(30)25-14-6-7-24-28-14;1-27-12-3-2-8(7-21-12)13-9(16(17,18)19)6-10(20)14(24-13)15(26)23-11-4-5-22-25-11;1-3-2-19-23-8(3)22-9(24)4-7(18)21-6(11(15,16)17)5(20-4)10(12,13)14/h1,3-4,6-7,9-10H,2,5,8,11,25H2,(H2,26,27,29,32);2-8H,23H2,1H3,(H2,24,25,28,30);2-7H,20H2,1H3,(H2,22,23,25,26);2H,1H3,(H2,18,21)(H2,19,22,23,24). The summed E-state index contributed by atoms with van der Waals surface area (Å²) in [5.74, 6) is -3.14. The van der Waals surface area contributed by atoms with Crippen molar-refractivity contribution in [3.8, 4) is 51.1 Å². The predicted octanol–water partition coefficient (Wildman–Crippen LogP) is 12.2. The minimum atomic E-state index is -5.48. The number of nitrogens with zero attached hydrogens (tertiary/aromatic N) is 13. The molecule has 0 spiro atoms. The van der Waals surface area contributed by atoms with Crippen LogP contribution in [0.3, 0.4) is 0 Å². The average Bonchev–Trinajstić information content (AvgIpc) is 1.58. The number of nitrogens with two attached hydrogens (primary N) is 4. The van der Waals surface area contributed by atoms with Gasteiger partial charge in [0, 0.05) is 84.7 Å². The van der Waals surface area contributed by atoms with Gasteiger partial charge in [-0.1, -0.05) is 30.3 Å². The third-order valence-corrected chi connectivity index (χ3v) is 15.6. The van der Waals surface area contributed by atoms with E-state index >= 15 is 0 Å². The van der Waals surface area contributed by atoms with Gasteiger partial charge in [-0.15, -0.1) is 10.2 Å². The molecule has 10 aromatic heterocycles. The molecule has 12 aromatic rings. The highest BCUT2D eigenvalue weighted by molar-refractivity contribution is 6.08. The monoisotopic (exact) mass is 1610 g/mol. The van der Waals surface area contributed by atoms with Crippen LogP contribution in [0.15, 0.2) is 132 Å². The largest absolute Gasteiger partial charge is 0.481 e. The van der Waals surface area contributed by atoms with Crippen molar-refractivity contribution >= 4 is 75.7 Å². The number of methoxy groups -OCH3 is 1. The van der Waals surface area contributed by atoms with E-state index in [4.69, 9.17) is 32.1 Å². The van der Waals surface area contributed by atoms with Crippen LogP contribution in [0.1, 0.15) is 99.9 Å². The zero-order valence-corrected chi connectivity index (χ0v) is 58.1. The molecule has 114 heavy (non-hydrogen) atoms. The number of aromatic nitrogens is 16. The van der Waals surface area contributed by atoms with Gasteiger partial charge < -0.3 is 58.3 Å². The fourth-order valence-corrected chi connectivity index (χ4v) is 10.4. The molecule has 2 aromatic carbocycles. The Hall–Kier alpha value is -14.6. The topological polar surface area (TPSA) is 481 Å².